The number of carbonyl (C=O) groups excluding carboxylic acids is 4. The van der Waals surface area contributed by atoms with Gasteiger partial charge in [-0.1, -0.05) is 0 Å². The number of aromatic hydroxyl groups is 12. The Labute approximate surface area is 310 Å². The summed E-state index contributed by atoms with van der Waals surface area (Å²) in [6, 6.07) is 5.01. The zero-order valence-electron chi connectivity index (χ0n) is 27.7. The minimum Gasteiger partial charge on any atom is -0.504 e. The number of phenolic OH excluding ortho intramolecular Hbond substituents is 12. The first-order valence-corrected chi connectivity index (χ1v) is 15.4. The Hall–Kier alpha value is -7.72. The van der Waals surface area contributed by atoms with Gasteiger partial charge in [0.25, 0.3) is 0 Å². The van der Waals surface area contributed by atoms with Crippen molar-refractivity contribution < 1.29 is 109 Å². The van der Waals surface area contributed by atoms with Crippen LogP contribution in [0.3, 0.4) is 0 Å². The van der Waals surface area contributed by atoms with Crippen molar-refractivity contribution in [1.82, 2.24) is 0 Å². The molecule has 0 saturated carbocycles. The number of rotatable bonds is 9. The Kier molecular flexibility index (Phi) is 10.8. The van der Waals surface area contributed by atoms with Crippen molar-refractivity contribution >= 4 is 23.9 Å². The summed E-state index contributed by atoms with van der Waals surface area (Å²) in [6.07, 6.45) is -11.2. The van der Waals surface area contributed by atoms with Gasteiger partial charge >= 0.3 is 23.9 Å². The summed E-state index contributed by atoms with van der Waals surface area (Å²) in [5.41, 5.74) is -2.65. The lowest BCUT2D eigenvalue weighted by molar-refractivity contribution is -0.283. The van der Waals surface area contributed by atoms with Crippen molar-refractivity contribution in [2.75, 3.05) is 6.61 Å². The molecule has 13 N–H and O–H groups in total. The highest BCUT2D eigenvalue weighted by molar-refractivity contribution is 5.93. The molecule has 1 heterocycles. The van der Waals surface area contributed by atoms with Gasteiger partial charge in [0.05, 0.1) is 22.3 Å². The minimum absolute atomic E-state index is 0.555. The maximum atomic E-state index is 13.4. The molecule has 0 aliphatic carbocycles. The topological polar surface area (TPSA) is 377 Å². The van der Waals surface area contributed by atoms with E-state index in [0.717, 1.165) is 0 Å². The number of hydrogen-bond donors (Lipinski definition) is 13. The molecular weight excluding hydrogens is 760 g/mol. The molecule has 0 bridgehead atoms. The first-order valence-electron chi connectivity index (χ1n) is 15.4. The van der Waals surface area contributed by atoms with Crippen molar-refractivity contribution in [1.29, 1.82) is 0 Å². The van der Waals surface area contributed by atoms with E-state index in [-0.39, 0.29) is 0 Å². The fraction of sp³-hybridized carbons (Fsp3) is 0.176. The molecule has 22 nitrogen and oxygen atoms in total. The van der Waals surface area contributed by atoms with E-state index in [9.17, 15) is 85.6 Å². The van der Waals surface area contributed by atoms with Crippen LogP contribution in [0.25, 0.3) is 0 Å². The molecule has 1 aliphatic heterocycles. The second-order valence-corrected chi connectivity index (χ2v) is 11.7. The molecular formula is C34H28O22. The van der Waals surface area contributed by atoms with E-state index in [1.807, 2.05) is 0 Å². The van der Waals surface area contributed by atoms with Crippen molar-refractivity contribution in [3.8, 4) is 69.0 Å². The van der Waals surface area contributed by atoms with Crippen LogP contribution in [0.2, 0.25) is 0 Å². The molecule has 5 rings (SSSR count). The Morgan fingerprint density at radius 1 is 0.446 bits per heavy atom. The van der Waals surface area contributed by atoms with E-state index in [4.69, 9.17) is 23.7 Å². The van der Waals surface area contributed by atoms with Gasteiger partial charge in [-0.3, -0.25) is 0 Å². The molecule has 56 heavy (non-hydrogen) atoms. The highest BCUT2D eigenvalue weighted by Gasteiger charge is 2.52. The zero-order valence-corrected chi connectivity index (χ0v) is 27.7. The third-order valence-corrected chi connectivity index (χ3v) is 7.93. The first kappa shape index (κ1) is 39.5. The van der Waals surface area contributed by atoms with Crippen molar-refractivity contribution in [3.63, 3.8) is 0 Å². The van der Waals surface area contributed by atoms with Crippen molar-refractivity contribution in [2.45, 2.75) is 30.7 Å². The van der Waals surface area contributed by atoms with Crippen LogP contribution in [-0.2, 0) is 23.7 Å². The second-order valence-electron chi connectivity index (χ2n) is 11.7. The van der Waals surface area contributed by atoms with E-state index in [1.165, 1.54) is 0 Å². The normalized spacial score (nSPS) is 19.1. The lowest BCUT2D eigenvalue weighted by Gasteiger charge is -2.42. The summed E-state index contributed by atoms with van der Waals surface area (Å²) in [7, 11) is 0. The average Bonchev–Trinajstić information content (AvgIpc) is 3.14. The van der Waals surface area contributed by atoms with Crippen LogP contribution >= 0.6 is 0 Å². The molecule has 4 aromatic rings. The number of hydrogen-bond acceptors (Lipinski definition) is 22. The van der Waals surface area contributed by atoms with Crippen LogP contribution in [-0.4, -0.2) is 128 Å². The fourth-order valence-corrected chi connectivity index (χ4v) is 5.07. The number of aliphatic hydroxyl groups is 1. The Morgan fingerprint density at radius 3 is 1.07 bits per heavy atom. The first-order chi connectivity index (χ1) is 26.3. The number of esters is 4. The predicted molar refractivity (Wildman–Crippen MR) is 175 cm³/mol. The largest absolute Gasteiger partial charge is 0.504 e. The molecule has 4 aromatic carbocycles. The summed E-state index contributed by atoms with van der Waals surface area (Å²) in [5.74, 6) is -18.1. The summed E-state index contributed by atoms with van der Waals surface area (Å²) >= 11 is 0. The highest BCUT2D eigenvalue weighted by atomic mass is 16.7. The van der Waals surface area contributed by atoms with Crippen LogP contribution in [0.15, 0.2) is 48.5 Å². The van der Waals surface area contributed by atoms with Crippen LogP contribution in [0.5, 0.6) is 69.0 Å². The molecule has 2 unspecified atom stereocenters. The summed E-state index contributed by atoms with van der Waals surface area (Å²) < 4.78 is 26.7. The van der Waals surface area contributed by atoms with Crippen LogP contribution in [0, 0.1) is 0 Å². The molecule has 0 amide bonds. The van der Waals surface area contributed by atoms with E-state index in [1.54, 1.807) is 0 Å². The average molecular weight is 789 g/mol. The van der Waals surface area contributed by atoms with Gasteiger partial charge in [0, 0.05) is 0 Å². The fourth-order valence-electron chi connectivity index (χ4n) is 5.07. The highest BCUT2D eigenvalue weighted by Crippen LogP contribution is 2.40. The van der Waals surface area contributed by atoms with Gasteiger partial charge in [0.2, 0.25) is 12.4 Å². The molecule has 1 fully saturated rings. The molecule has 0 radical (unpaired) electrons. The smallest absolute Gasteiger partial charge is 0.340 e. The van der Waals surface area contributed by atoms with Gasteiger partial charge in [-0.05, 0) is 48.5 Å². The second kappa shape index (κ2) is 15.3. The quantitative estimate of drug-likeness (QED) is 0.0630. The molecule has 0 aromatic heterocycles. The maximum absolute atomic E-state index is 13.4. The predicted octanol–water partition coefficient (Wildman–Crippen LogP) is 0.705. The molecule has 1 saturated heterocycles. The molecule has 296 valence electrons. The number of benzene rings is 4. The lowest BCUT2D eigenvalue weighted by atomic mass is 9.98. The van der Waals surface area contributed by atoms with E-state index >= 15 is 0 Å². The standard InChI is InChI=1S/C34H28O22/c35-14-1-10(2-15(36)23(14)43)30(48)52-9-22-27(47)28(54-31(49)11-3-16(37)24(44)17(38)4-11)29(55-32(50)12-5-18(39)25(45)19(40)6-12)34(53-22)56-33(51)13-7-20(41)26(46)21(42)8-13/h1-8,22,27-29,34-47H,9H2/t22?,27-,28+,29?,34+/m1/s1. The summed E-state index contributed by atoms with van der Waals surface area (Å²) in [6.45, 7) is -1.06. The Morgan fingerprint density at radius 2 is 0.732 bits per heavy atom. The zero-order chi connectivity index (χ0) is 41.3. The number of aliphatic hydroxyl groups excluding tert-OH is 1. The van der Waals surface area contributed by atoms with E-state index in [2.05, 4.69) is 0 Å². The van der Waals surface area contributed by atoms with Crippen molar-refractivity contribution in [3.05, 3.63) is 70.8 Å². The third kappa shape index (κ3) is 7.95. The van der Waals surface area contributed by atoms with Gasteiger partial charge in [0.1, 0.15) is 18.8 Å². The monoisotopic (exact) mass is 788 g/mol. The Bertz CT molecular complexity index is 2140. The molecule has 1 aliphatic rings. The van der Waals surface area contributed by atoms with Gasteiger partial charge in [-0.25, -0.2) is 19.2 Å². The van der Waals surface area contributed by atoms with Gasteiger partial charge in [0.15, 0.2) is 75.1 Å². The van der Waals surface area contributed by atoms with Crippen LogP contribution in [0.4, 0.5) is 0 Å². The van der Waals surface area contributed by atoms with Gasteiger partial charge < -0.3 is 90.1 Å². The minimum atomic E-state index is -2.36. The van der Waals surface area contributed by atoms with Crippen LogP contribution in [0.1, 0.15) is 41.4 Å². The number of ether oxygens (including phenoxy) is 5. The molecule has 5 atom stereocenters. The third-order valence-electron chi connectivity index (χ3n) is 7.93. The maximum Gasteiger partial charge on any atom is 0.340 e. The Balaban J connectivity index is 1.55. The summed E-state index contributed by atoms with van der Waals surface area (Å²) in [5, 5.41) is 129. The molecule has 0 spiro atoms. The number of carbonyl (C=O) groups is 4. The van der Waals surface area contributed by atoms with E-state index in [0.29, 0.717) is 48.5 Å². The summed E-state index contributed by atoms with van der Waals surface area (Å²) in [4.78, 5) is 52.9. The van der Waals surface area contributed by atoms with E-state index < -0.39 is 152 Å². The lowest BCUT2D eigenvalue weighted by Crippen LogP contribution is -2.62. The van der Waals surface area contributed by atoms with Gasteiger partial charge in [-0.15, -0.1) is 0 Å². The van der Waals surface area contributed by atoms with Gasteiger partial charge in [-0.2, -0.15) is 0 Å². The molecule has 22 heteroatoms. The number of phenols is 12. The van der Waals surface area contributed by atoms with Crippen molar-refractivity contribution in [2.24, 2.45) is 0 Å². The SMILES string of the molecule is O=C(OCC1O[C@@H](OC(=O)c2cc(O)c(O)c(O)c2)C(OC(=O)c2cc(O)c(O)c(O)c2)[C@@H](OC(=O)c2cc(O)c(O)c(O)c2)[C@@H]1O)c1cc(O)c(O)c(O)c1. The van der Waals surface area contributed by atoms with Crippen LogP contribution < -0.4 is 0 Å².